The maximum absolute atomic E-state index is 4.03. The van der Waals surface area contributed by atoms with Crippen molar-refractivity contribution in [1.82, 2.24) is 15.2 Å². The summed E-state index contributed by atoms with van der Waals surface area (Å²) in [6.07, 6.45) is 10.3. The summed E-state index contributed by atoms with van der Waals surface area (Å²) in [5, 5.41) is 3.55. The second-order valence-electron chi connectivity index (χ2n) is 5.11. The summed E-state index contributed by atoms with van der Waals surface area (Å²) in [5.74, 6) is 0. The minimum Gasteiger partial charge on any atom is -0.315 e. The van der Waals surface area contributed by atoms with Gasteiger partial charge in [-0.3, -0.25) is 4.98 Å². The molecule has 0 radical (unpaired) electrons. The molecule has 3 heteroatoms. The van der Waals surface area contributed by atoms with Gasteiger partial charge in [-0.25, -0.2) is 0 Å². The van der Waals surface area contributed by atoms with Crippen LogP contribution in [0, 0.1) is 0 Å². The lowest BCUT2D eigenvalue weighted by Gasteiger charge is -2.26. The third-order valence-corrected chi connectivity index (χ3v) is 3.62. The largest absolute Gasteiger partial charge is 0.315 e. The van der Waals surface area contributed by atoms with Crippen molar-refractivity contribution in [3.05, 3.63) is 30.1 Å². The summed E-state index contributed by atoms with van der Waals surface area (Å²) in [7, 11) is 0. The average Bonchev–Trinajstić information content (AvgIpc) is 2.45. The highest BCUT2D eigenvalue weighted by atomic mass is 15.1. The first-order chi connectivity index (χ1) is 8.95. The summed E-state index contributed by atoms with van der Waals surface area (Å²) >= 11 is 0. The fourth-order valence-corrected chi connectivity index (χ4v) is 2.51. The molecule has 0 amide bonds. The van der Waals surface area contributed by atoms with Crippen LogP contribution < -0.4 is 5.32 Å². The number of pyridine rings is 1. The predicted molar refractivity (Wildman–Crippen MR) is 75.7 cm³/mol. The van der Waals surface area contributed by atoms with E-state index in [4.69, 9.17) is 0 Å². The molecule has 2 heterocycles. The molecule has 0 aliphatic carbocycles. The zero-order valence-corrected chi connectivity index (χ0v) is 11.3. The molecule has 1 aliphatic heterocycles. The van der Waals surface area contributed by atoms with Crippen LogP contribution >= 0.6 is 0 Å². The maximum Gasteiger partial charge on any atom is 0.0270 e. The molecule has 1 aromatic heterocycles. The van der Waals surface area contributed by atoms with Gasteiger partial charge in [-0.1, -0.05) is 6.42 Å². The Balaban J connectivity index is 1.46. The number of likely N-dealkylation sites (tertiary alicyclic amines) is 1. The smallest absolute Gasteiger partial charge is 0.0270 e. The van der Waals surface area contributed by atoms with Crippen LogP contribution in [-0.4, -0.2) is 42.6 Å². The van der Waals surface area contributed by atoms with Crippen LogP contribution in [0.3, 0.4) is 0 Å². The van der Waals surface area contributed by atoms with Crippen molar-refractivity contribution in [2.24, 2.45) is 0 Å². The SMILES string of the molecule is c1cc(CCCNCCN2CCCCC2)ccn1. The fraction of sp³-hybridized carbons (Fsp3) is 0.667. The van der Waals surface area contributed by atoms with Crippen LogP contribution in [-0.2, 0) is 6.42 Å². The van der Waals surface area contributed by atoms with Crippen molar-refractivity contribution < 1.29 is 0 Å². The number of hydrogen-bond donors (Lipinski definition) is 1. The highest BCUT2D eigenvalue weighted by Crippen LogP contribution is 2.07. The molecule has 0 spiro atoms. The Hall–Kier alpha value is -0.930. The van der Waals surface area contributed by atoms with Gasteiger partial charge in [0.2, 0.25) is 0 Å². The standard InChI is InChI=1S/C15H25N3/c1-2-12-18(13-3-1)14-11-16-8-4-5-15-6-9-17-10-7-15/h6-7,9-10,16H,1-5,8,11-14H2. The highest BCUT2D eigenvalue weighted by Gasteiger charge is 2.08. The van der Waals surface area contributed by atoms with Gasteiger partial charge in [0.15, 0.2) is 0 Å². The van der Waals surface area contributed by atoms with E-state index in [0.29, 0.717) is 0 Å². The molecule has 0 bridgehead atoms. The van der Waals surface area contributed by atoms with Crippen LogP contribution in [0.25, 0.3) is 0 Å². The molecule has 1 N–H and O–H groups in total. The van der Waals surface area contributed by atoms with E-state index in [2.05, 4.69) is 27.3 Å². The third-order valence-electron chi connectivity index (χ3n) is 3.62. The Labute approximate surface area is 111 Å². The minimum atomic E-state index is 1.12. The molecule has 1 aromatic rings. The fourth-order valence-electron chi connectivity index (χ4n) is 2.51. The van der Waals surface area contributed by atoms with Gasteiger partial charge >= 0.3 is 0 Å². The van der Waals surface area contributed by atoms with Crippen molar-refractivity contribution >= 4 is 0 Å². The van der Waals surface area contributed by atoms with Gasteiger partial charge in [-0.2, -0.15) is 0 Å². The highest BCUT2D eigenvalue weighted by molar-refractivity contribution is 5.09. The van der Waals surface area contributed by atoms with Gasteiger partial charge in [-0.05, 0) is 63.0 Å². The minimum absolute atomic E-state index is 1.12. The van der Waals surface area contributed by atoms with Gasteiger partial charge in [0, 0.05) is 25.5 Å². The Morgan fingerprint density at radius 2 is 1.83 bits per heavy atom. The molecule has 0 atom stereocenters. The lowest BCUT2D eigenvalue weighted by atomic mass is 10.1. The van der Waals surface area contributed by atoms with Gasteiger partial charge in [0.05, 0.1) is 0 Å². The molecule has 2 rings (SSSR count). The molecule has 1 aliphatic rings. The van der Waals surface area contributed by atoms with Crippen LogP contribution in [0.4, 0.5) is 0 Å². The topological polar surface area (TPSA) is 28.2 Å². The summed E-state index contributed by atoms with van der Waals surface area (Å²) in [6, 6.07) is 4.21. The van der Waals surface area contributed by atoms with E-state index >= 15 is 0 Å². The number of rotatable bonds is 7. The summed E-state index contributed by atoms with van der Waals surface area (Å²) in [6.45, 7) is 6.08. The molecule has 1 saturated heterocycles. The Morgan fingerprint density at radius 3 is 2.61 bits per heavy atom. The van der Waals surface area contributed by atoms with E-state index in [1.54, 1.807) is 0 Å². The van der Waals surface area contributed by atoms with Crippen LogP contribution in [0.2, 0.25) is 0 Å². The first kappa shape index (κ1) is 13.5. The van der Waals surface area contributed by atoms with Crippen molar-refractivity contribution in [1.29, 1.82) is 0 Å². The predicted octanol–water partition coefficient (Wildman–Crippen LogP) is 2.09. The van der Waals surface area contributed by atoms with Gasteiger partial charge in [0.25, 0.3) is 0 Å². The maximum atomic E-state index is 4.03. The second-order valence-corrected chi connectivity index (χ2v) is 5.11. The quantitative estimate of drug-likeness (QED) is 0.748. The van der Waals surface area contributed by atoms with E-state index in [1.165, 1.54) is 50.9 Å². The number of aromatic nitrogens is 1. The number of nitrogens with one attached hydrogen (secondary N) is 1. The zero-order valence-electron chi connectivity index (χ0n) is 11.3. The van der Waals surface area contributed by atoms with Crippen LogP contribution in [0.1, 0.15) is 31.2 Å². The first-order valence-corrected chi connectivity index (χ1v) is 7.27. The van der Waals surface area contributed by atoms with Crippen LogP contribution in [0.15, 0.2) is 24.5 Å². The monoisotopic (exact) mass is 247 g/mol. The van der Waals surface area contributed by atoms with Crippen molar-refractivity contribution in [3.63, 3.8) is 0 Å². The van der Waals surface area contributed by atoms with Crippen LogP contribution in [0.5, 0.6) is 0 Å². The van der Waals surface area contributed by atoms with Crippen molar-refractivity contribution in [2.75, 3.05) is 32.7 Å². The molecule has 0 aromatic carbocycles. The first-order valence-electron chi connectivity index (χ1n) is 7.27. The molecule has 0 saturated carbocycles. The molecule has 18 heavy (non-hydrogen) atoms. The van der Waals surface area contributed by atoms with Gasteiger partial charge in [0.1, 0.15) is 0 Å². The summed E-state index contributed by atoms with van der Waals surface area (Å²) < 4.78 is 0. The summed E-state index contributed by atoms with van der Waals surface area (Å²) in [4.78, 5) is 6.62. The lowest BCUT2D eigenvalue weighted by molar-refractivity contribution is 0.229. The van der Waals surface area contributed by atoms with Crippen molar-refractivity contribution in [3.8, 4) is 0 Å². The Morgan fingerprint density at radius 1 is 1.06 bits per heavy atom. The van der Waals surface area contributed by atoms with Gasteiger partial charge in [-0.15, -0.1) is 0 Å². The van der Waals surface area contributed by atoms with E-state index in [-0.39, 0.29) is 0 Å². The molecule has 1 fully saturated rings. The van der Waals surface area contributed by atoms with E-state index < -0.39 is 0 Å². The van der Waals surface area contributed by atoms with E-state index in [1.807, 2.05) is 12.4 Å². The average molecular weight is 247 g/mol. The summed E-state index contributed by atoms with van der Waals surface area (Å²) in [5.41, 5.74) is 1.39. The van der Waals surface area contributed by atoms with Gasteiger partial charge < -0.3 is 10.2 Å². The molecular weight excluding hydrogens is 222 g/mol. The molecule has 100 valence electrons. The molecule has 3 nitrogen and oxygen atoms in total. The number of nitrogens with zero attached hydrogens (tertiary/aromatic N) is 2. The van der Waals surface area contributed by atoms with E-state index in [9.17, 15) is 0 Å². The Kier molecular flexibility index (Phi) is 6.17. The zero-order chi connectivity index (χ0) is 12.5. The molecule has 0 unspecified atom stereocenters. The Bertz CT molecular complexity index is 307. The van der Waals surface area contributed by atoms with E-state index in [0.717, 1.165) is 19.5 Å². The van der Waals surface area contributed by atoms with Crippen molar-refractivity contribution in [2.45, 2.75) is 32.1 Å². The number of hydrogen-bond acceptors (Lipinski definition) is 3. The number of aryl methyl sites for hydroxylation is 1. The number of piperidine rings is 1. The molecular formula is C15H25N3. The third kappa shape index (κ3) is 5.15. The lowest BCUT2D eigenvalue weighted by Crippen LogP contribution is -2.36. The second kappa shape index (κ2) is 8.22. The normalized spacial score (nSPS) is 16.9.